The maximum absolute atomic E-state index is 11.6. The van der Waals surface area contributed by atoms with Crippen LogP contribution in [0.1, 0.15) is 59.3 Å². The molecule has 0 aromatic carbocycles. The SMILES string of the molecule is CC(=O)C1(C2CCC(C)(C)CC2)CC1. The maximum Gasteiger partial charge on any atom is 0.136 e. The molecule has 80 valence electrons. The van der Waals surface area contributed by atoms with Gasteiger partial charge in [-0.05, 0) is 56.8 Å². The first-order chi connectivity index (χ1) is 6.46. The van der Waals surface area contributed by atoms with Crippen LogP contribution in [0, 0.1) is 16.7 Å². The molecule has 0 aromatic heterocycles. The summed E-state index contributed by atoms with van der Waals surface area (Å²) in [5, 5.41) is 0. The van der Waals surface area contributed by atoms with E-state index in [1.807, 2.05) is 0 Å². The topological polar surface area (TPSA) is 17.1 Å². The summed E-state index contributed by atoms with van der Waals surface area (Å²) in [7, 11) is 0. The molecule has 0 N–H and O–H groups in total. The molecular formula is C13H22O. The lowest BCUT2D eigenvalue weighted by Crippen LogP contribution is -2.30. The Morgan fingerprint density at radius 3 is 1.93 bits per heavy atom. The van der Waals surface area contributed by atoms with Crippen LogP contribution < -0.4 is 0 Å². The minimum Gasteiger partial charge on any atom is -0.299 e. The summed E-state index contributed by atoms with van der Waals surface area (Å²) >= 11 is 0. The largest absolute Gasteiger partial charge is 0.299 e. The second kappa shape index (κ2) is 3.08. The highest BCUT2D eigenvalue weighted by molar-refractivity contribution is 5.85. The number of carbonyl (C=O) groups is 1. The van der Waals surface area contributed by atoms with E-state index in [0.29, 0.717) is 17.1 Å². The maximum atomic E-state index is 11.6. The van der Waals surface area contributed by atoms with Crippen molar-refractivity contribution < 1.29 is 4.79 Å². The van der Waals surface area contributed by atoms with E-state index in [1.165, 1.54) is 38.5 Å². The lowest BCUT2D eigenvalue weighted by atomic mass is 9.67. The van der Waals surface area contributed by atoms with Crippen molar-refractivity contribution in [3.8, 4) is 0 Å². The fraction of sp³-hybridized carbons (Fsp3) is 0.923. The molecule has 0 bridgehead atoms. The third kappa shape index (κ3) is 1.62. The molecule has 0 atom stereocenters. The van der Waals surface area contributed by atoms with Gasteiger partial charge in [0.25, 0.3) is 0 Å². The van der Waals surface area contributed by atoms with Crippen LogP contribution in [0.3, 0.4) is 0 Å². The van der Waals surface area contributed by atoms with Crippen LogP contribution in [0.2, 0.25) is 0 Å². The van der Waals surface area contributed by atoms with Crippen molar-refractivity contribution in [1.29, 1.82) is 0 Å². The van der Waals surface area contributed by atoms with Crippen LogP contribution in [-0.2, 0) is 4.79 Å². The molecule has 0 amide bonds. The molecule has 0 radical (unpaired) electrons. The van der Waals surface area contributed by atoms with Crippen molar-refractivity contribution >= 4 is 5.78 Å². The summed E-state index contributed by atoms with van der Waals surface area (Å²) in [6.07, 6.45) is 7.54. The monoisotopic (exact) mass is 194 g/mol. The van der Waals surface area contributed by atoms with Crippen LogP contribution >= 0.6 is 0 Å². The van der Waals surface area contributed by atoms with Crippen LogP contribution in [0.5, 0.6) is 0 Å². The van der Waals surface area contributed by atoms with Crippen molar-refractivity contribution in [2.75, 3.05) is 0 Å². The molecule has 0 aliphatic heterocycles. The average Bonchev–Trinajstić information content (AvgIpc) is 2.84. The van der Waals surface area contributed by atoms with E-state index in [0.717, 1.165) is 0 Å². The highest BCUT2D eigenvalue weighted by Gasteiger charge is 2.53. The molecule has 2 rings (SSSR count). The zero-order valence-corrected chi connectivity index (χ0v) is 9.73. The standard InChI is InChI=1S/C13H22O/c1-10(14)13(8-9-13)11-4-6-12(2,3)7-5-11/h11H,4-9H2,1-3H3. The molecular weight excluding hydrogens is 172 g/mol. The van der Waals surface area contributed by atoms with Gasteiger partial charge in [-0.25, -0.2) is 0 Å². The van der Waals surface area contributed by atoms with Crippen LogP contribution in [0.4, 0.5) is 0 Å². The van der Waals surface area contributed by atoms with Crippen LogP contribution in [-0.4, -0.2) is 5.78 Å². The molecule has 0 saturated heterocycles. The molecule has 1 nitrogen and oxygen atoms in total. The normalized spacial score (nSPS) is 29.9. The Bertz CT molecular complexity index is 238. The Labute approximate surface area is 87.3 Å². The van der Waals surface area contributed by atoms with Gasteiger partial charge < -0.3 is 0 Å². The first kappa shape index (κ1) is 10.2. The zero-order chi connectivity index (χ0) is 10.4. The summed E-state index contributed by atoms with van der Waals surface area (Å²) in [5.41, 5.74) is 0.680. The van der Waals surface area contributed by atoms with E-state index in [4.69, 9.17) is 0 Å². The van der Waals surface area contributed by atoms with Gasteiger partial charge in [0.2, 0.25) is 0 Å². The molecule has 0 unspecified atom stereocenters. The third-order valence-electron chi connectivity index (χ3n) is 4.61. The van der Waals surface area contributed by atoms with Crippen LogP contribution in [0.25, 0.3) is 0 Å². The van der Waals surface area contributed by atoms with Gasteiger partial charge in [0.05, 0.1) is 0 Å². The summed E-state index contributed by atoms with van der Waals surface area (Å²) in [4.78, 5) is 11.6. The van der Waals surface area contributed by atoms with Crippen molar-refractivity contribution in [3.63, 3.8) is 0 Å². The van der Waals surface area contributed by atoms with Gasteiger partial charge in [-0.15, -0.1) is 0 Å². The van der Waals surface area contributed by atoms with E-state index in [2.05, 4.69) is 13.8 Å². The molecule has 0 heterocycles. The minimum atomic E-state index is 0.149. The van der Waals surface area contributed by atoms with Gasteiger partial charge in [0, 0.05) is 5.41 Å². The summed E-state index contributed by atoms with van der Waals surface area (Å²) in [5.74, 6) is 1.18. The second-order valence-electron chi connectivity index (χ2n) is 6.15. The number of rotatable bonds is 2. The van der Waals surface area contributed by atoms with Gasteiger partial charge >= 0.3 is 0 Å². The van der Waals surface area contributed by atoms with Gasteiger partial charge in [0.15, 0.2) is 0 Å². The number of ketones is 1. The van der Waals surface area contributed by atoms with Crippen LogP contribution in [0.15, 0.2) is 0 Å². The lowest BCUT2D eigenvalue weighted by Gasteiger charge is -2.37. The number of Topliss-reactive ketones (excluding diaryl/α,β-unsaturated/α-hetero) is 1. The zero-order valence-electron chi connectivity index (χ0n) is 9.73. The summed E-state index contributed by atoms with van der Waals surface area (Å²) in [6.45, 7) is 6.51. The van der Waals surface area contributed by atoms with Crippen molar-refractivity contribution in [1.82, 2.24) is 0 Å². The molecule has 0 aromatic rings. The van der Waals surface area contributed by atoms with E-state index in [9.17, 15) is 4.79 Å². The van der Waals surface area contributed by atoms with E-state index in [1.54, 1.807) is 6.92 Å². The lowest BCUT2D eigenvalue weighted by molar-refractivity contribution is -0.124. The van der Waals surface area contributed by atoms with Crippen molar-refractivity contribution in [2.24, 2.45) is 16.7 Å². The second-order valence-corrected chi connectivity index (χ2v) is 6.15. The Morgan fingerprint density at radius 1 is 1.07 bits per heavy atom. The van der Waals surface area contributed by atoms with E-state index in [-0.39, 0.29) is 5.41 Å². The number of carbonyl (C=O) groups excluding carboxylic acids is 1. The molecule has 2 saturated carbocycles. The molecule has 2 fully saturated rings. The van der Waals surface area contributed by atoms with E-state index >= 15 is 0 Å². The fourth-order valence-electron chi connectivity index (χ4n) is 3.13. The Balaban J connectivity index is 1.99. The smallest absolute Gasteiger partial charge is 0.136 e. The van der Waals surface area contributed by atoms with Gasteiger partial charge in [-0.1, -0.05) is 13.8 Å². The Hall–Kier alpha value is -0.330. The first-order valence-electron chi connectivity index (χ1n) is 5.97. The van der Waals surface area contributed by atoms with Gasteiger partial charge in [0.1, 0.15) is 5.78 Å². The average molecular weight is 194 g/mol. The predicted octanol–water partition coefficient (Wildman–Crippen LogP) is 3.57. The number of hydrogen-bond donors (Lipinski definition) is 0. The van der Waals surface area contributed by atoms with E-state index < -0.39 is 0 Å². The summed E-state index contributed by atoms with van der Waals surface area (Å²) in [6, 6.07) is 0. The molecule has 1 heteroatoms. The highest BCUT2D eigenvalue weighted by Crippen LogP contribution is 2.58. The fourth-order valence-corrected chi connectivity index (χ4v) is 3.13. The Morgan fingerprint density at radius 2 is 1.57 bits per heavy atom. The minimum absolute atomic E-state index is 0.149. The highest BCUT2D eigenvalue weighted by atomic mass is 16.1. The molecule has 2 aliphatic rings. The molecule has 14 heavy (non-hydrogen) atoms. The Kier molecular flexibility index (Phi) is 2.24. The quantitative estimate of drug-likeness (QED) is 0.656. The van der Waals surface area contributed by atoms with Gasteiger partial charge in [-0.3, -0.25) is 4.79 Å². The van der Waals surface area contributed by atoms with Crippen molar-refractivity contribution in [3.05, 3.63) is 0 Å². The summed E-state index contributed by atoms with van der Waals surface area (Å²) < 4.78 is 0. The molecule has 2 aliphatic carbocycles. The number of hydrogen-bond acceptors (Lipinski definition) is 1. The van der Waals surface area contributed by atoms with Gasteiger partial charge in [-0.2, -0.15) is 0 Å². The third-order valence-corrected chi connectivity index (χ3v) is 4.61. The van der Waals surface area contributed by atoms with Crippen molar-refractivity contribution in [2.45, 2.75) is 59.3 Å². The molecule has 0 spiro atoms. The first-order valence-corrected chi connectivity index (χ1v) is 5.97. The predicted molar refractivity (Wildman–Crippen MR) is 58.1 cm³/mol.